The molecular formula is C14H11Cl2FO. The molecule has 0 aliphatic heterocycles. The van der Waals surface area contributed by atoms with Crippen LogP contribution in [0.5, 0.6) is 0 Å². The Hall–Kier alpha value is -1.09. The first kappa shape index (κ1) is 13.3. The molecule has 1 nitrogen and oxygen atoms in total. The van der Waals surface area contributed by atoms with E-state index < -0.39 is 6.10 Å². The number of aliphatic hydroxyl groups excluding tert-OH is 1. The summed E-state index contributed by atoms with van der Waals surface area (Å²) in [5.74, 6) is -0.293. The number of hydrogen-bond donors (Lipinski definition) is 1. The molecule has 0 aliphatic carbocycles. The molecule has 1 N–H and O–H groups in total. The van der Waals surface area contributed by atoms with Crippen molar-refractivity contribution in [2.24, 2.45) is 0 Å². The Bertz CT molecular complexity index is 520. The van der Waals surface area contributed by atoms with Gasteiger partial charge < -0.3 is 5.11 Å². The topological polar surface area (TPSA) is 20.2 Å². The molecule has 0 heterocycles. The number of aliphatic hydroxyl groups is 1. The van der Waals surface area contributed by atoms with Gasteiger partial charge in [0.1, 0.15) is 5.82 Å². The van der Waals surface area contributed by atoms with Crippen molar-refractivity contribution < 1.29 is 9.50 Å². The zero-order valence-corrected chi connectivity index (χ0v) is 10.9. The Morgan fingerprint density at radius 3 is 2.11 bits per heavy atom. The van der Waals surface area contributed by atoms with Crippen molar-refractivity contribution in [1.29, 1.82) is 0 Å². The van der Waals surface area contributed by atoms with Crippen molar-refractivity contribution >= 4 is 23.2 Å². The van der Waals surface area contributed by atoms with Crippen LogP contribution < -0.4 is 0 Å². The minimum atomic E-state index is -0.716. The van der Waals surface area contributed by atoms with E-state index in [0.717, 1.165) is 5.56 Å². The summed E-state index contributed by atoms with van der Waals surface area (Å²) >= 11 is 11.7. The molecule has 2 rings (SSSR count). The highest BCUT2D eigenvalue weighted by Crippen LogP contribution is 2.25. The Kier molecular flexibility index (Phi) is 4.23. The molecule has 18 heavy (non-hydrogen) atoms. The molecule has 2 aromatic carbocycles. The molecule has 0 aromatic heterocycles. The third-order valence-electron chi connectivity index (χ3n) is 2.61. The third-order valence-corrected chi connectivity index (χ3v) is 3.05. The van der Waals surface area contributed by atoms with E-state index in [1.54, 1.807) is 30.3 Å². The lowest BCUT2D eigenvalue weighted by Gasteiger charge is -2.12. The number of benzene rings is 2. The lowest BCUT2D eigenvalue weighted by atomic mass is 10.0. The molecule has 1 unspecified atom stereocenters. The van der Waals surface area contributed by atoms with Gasteiger partial charge >= 0.3 is 0 Å². The highest BCUT2D eigenvalue weighted by Gasteiger charge is 2.10. The fourth-order valence-corrected chi connectivity index (χ4v) is 2.27. The molecule has 2 aromatic rings. The summed E-state index contributed by atoms with van der Waals surface area (Å²) in [6.45, 7) is 0. The Morgan fingerprint density at radius 1 is 1.00 bits per heavy atom. The fraction of sp³-hybridized carbons (Fsp3) is 0.143. The van der Waals surface area contributed by atoms with Crippen LogP contribution in [0.15, 0.2) is 42.5 Å². The van der Waals surface area contributed by atoms with Gasteiger partial charge in [0.15, 0.2) is 0 Å². The largest absolute Gasteiger partial charge is 0.388 e. The van der Waals surface area contributed by atoms with Crippen molar-refractivity contribution in [3.8, 4) is 0 Å². The van der Waals surface area contributed by atoms with Gasteiger partial charge in [-0.1, -0.05) is 35.3 Å². The van der Waals surface area contributed by atoms with Gasteiger partial charge in [0.25, 0.3) is 0 Å². The van der Waals surface area contributed by atoms with E-state index in [2.05, 4.69) is 0 Å². The van der Waals surface area contributed by atoms with E-state index >= 15 is 0 Å². The highest BCUT2D eigenvalue weighted by atomic mass is 35.5. The van der Waals surface area contributed by atoms with Crippen molar-refractivity contribution in [2.45, 2.75) is 12.5 Å². The van der Waals surface area contributed by atoms with Crippen LogP contribution in [0.1, 0.15) is 17.2 Å². The van der Waals surface area contributed by atoms with Gasteiger partial charge in [0.05, 0.1) is 6.10 Å². The number of rotatable bonds is 3. The van der Waals surface area contributed by atoms with Gasteiger partial charge in [-0.15, -0.1) is 0 Å². The van der Waals surface area contributed by atoms with Crippen LogP contribution in [0.2, 0.25) is 10.0 Å². The first-order chi connectivity index (χ1) is 8.54. The van der Waals surface area contributed by atoms with Crippen LogP contribution in [0.3, 0.4) is 0 Å². The van der Waals surface area contributed by atoms with E-state index in [1.165, 1.54) is 12.1 Å². The van der Waals surface area contributed by atoms with E-state index in [9.17, 15) is 9.50 Å². The fourth-order valence-electron chi connectivity index (χ4n) is 1.73. The average Bonchev–Trinajstić information content (AvgIpc) is 2.31. The van der Waals surface area contributed by atoms with E-state index in [-0.39, 0.29) is 5.82 Å². The summed E-state index contributed by atoms with van der Waals surface area (Å²) in [7, 11) is 0. The van der Waals surface area contributed by atoms with Gasteiger partial charge in [-0.05, 0) is 41.5 Å². The zero-order chi connectivity index (χ0) is 13.1. The van der Waals surface area contributed by atoms with Crippen molar-refractivity contribution in [3.05, 3.63) is 69.5 Å². The molecule has 0 saturated carbocycles. The smallest absolute Gasteiger partial charge is 0.123 e. The Labute approximate surface area is 115 Å². The number of halogens is 3. The SMILES string of the molecule is OC(Cc1ccc(F)cc1)c1cc(Cl)cc(Cl)c1. The van der Waals surface area contributed by atoms with E-state index in [1.807, 2.05) is 0 Å². The van der Waals surface area contributed by atoms with E-state index in [4.69, 9.17) is 23.2 Å². The standard InChI is InChI=1S/C14H11Cl2FO/c15-11-6-10(7-12(16)8-11)14(18)5-9-1-3-13(17)4-2-9/h1-4,6-8,14,18H,5H2. The van der Waals surface area contributed by atoms with Gasteiger partial charge in [0, 0.05) is 16.5 Å². The molecule has 4 heteroatoms. The van der Waals surface area contributed by atoms with Crippen LogP contribution in [-0.4, -0.2) is 5.11 Å². The van der Waals surface area contributed by atoms with Crippen LogP contribution in [0.25, 0.3) is 0 Å². The predicted octanol–water partition coefficient (Wildman–Crippen LogP) is 4.41. The molecule has 0 amide bonds. The summed E-state index contributed by atoms with van der Waals surface area (Å²) in [6, 6.07) is 11.0. The minimum Gasteiger partial charge on any atom is -0.388 e. The Balaban J connectivity index is 2.16. The first-order valence-electron chi connectivity index (χ1n) is 5.43. The molecule has 0 spiro atoms. The lowest BCUT2D eigenvalue weighted by Crippen LogP contribution is -2.02. The van der Waals surface area contributed by atoms with Crippen LogP contribution in [0.4, 0.5) is 4.39 Å². The van der Waals surface area contributed by atoms with Crippen LogP contribution >= 0.6 is 23.2 Å². The van der Waals surface area contributed by atoms with Gasteiger partial charge in [-0.2, -0.15) is 0 Å². The summed E-state index contributed by atoms with van der Waals surface area (Å²) < 4.78 is 12.8. The maximum absolute atomic E-state index is 12.8. The van der Waals surface area contributed by atoms with Gasteiger partial charge in [-0.25, -0.2) is 4.39 Å². The maximum Gasteiger partial charge on any atom is 0.123 e. The second kappa shape index (κ2) is 5.70. The van der Waals surface area contributed by atoms with Crippen molar-refractivity contribution in [2.75, 3.05) is 0 Å². The van der Waals surface area contributed by atoms with Gasteiger partial charge in [-0.3, -0.25) is 0 Å². The molecular weight excluding hydrogens is 274 g/mol. The Morgan fingerprint density at radius 2 is 1.56 bits per heavy atom. The zero-order valence-electron chi connectivity index (χ0n) is 9.41. The molecule has 0 bridgehead atoms. The van der Waals surface area contributed by atoms with Crippen molar-refractivity contribution in [1.82, 2.24) is 0 Å². The first-order valence-corrected chi connectivity index (χ1v) is 6.18. The summed E-state index contributed by atoms with van der Waals surface area (Å²) in [4.78, 5) is 0. The molecule has 94 valence electrons. The van der Waals surface area contributed by atoms with Crippen LogP contribution in [0, 0.1) is 5.82 Å². The van der Waals surface area contributed by atoms with E-state index in [0.29, 0.717) is 22.0 Å². The average molecular weight is 285 g/mol. The monoisotopic (exact) mass is 284 g/mol. The molecule has 0 saturated heterocycles. The molecule has 0 fully saturated rings. The van der Waals surface area contributed by atoms with Crippen molar-refractivity contribution in [3.63, 3.8) is 0 Å². The van der Waals surface area contributed by atoms with Gasteiger partial charge in [0.2, 0.25) is 0 Å². The van der Waals surface area contributed by atoms with Crippen LogP contribution in [-0.2, 0) is 6.42 Å². The summed E-state index contributed by atoms with van der Waals surface area (Å²) in [5, 5.41) is 11.0. The second-order valence-electron chi connectivity index (χ2n) is 4.05. The quantitative estimate of drug-likeness (QED) is 0.885. The highest BCUT2D eigenvalue weighted by molar-refractivity contribution is 6.34. The number of hydrogen-bond acceptors (Lipinski definition) is 1. The maximum atomic E-state index is 12.8. The predicted molar refractivity (Wildman–Crippen MR) is 71.5 cm³/mol. The summed E-state index contributed by atoms with van der Waals surface area (Å²) in [5.41, 5.74) is 1.50. The molecule has 0 aliphatic rings. The lowest BCUT2D eigenvalue weighted by molar-refractivity contribution is 0.178. The molecule has 1 atom stereocenters. The minimum absolute atomic E-state index is 0.293. The molecule has 0 radical (unpaired) electrons. The second-order valence-corrected chi connectivity index (χ2v) is 4.92. The normalized spacial score (nSPS) is 12.4. The third kappa shape index (κ3) is 3.45. The summed E-state index contributed by atoms with van der Waals surface area (Å²) in [6.07, 6.45) is -0.330.